The highest BCUT2D eigenvalue weighted by Crippen LogP contribution is 2.38. The van der Waals surface area contributed by atoms with Crippen LogP contribution in [0, 0.1) is 11.3 Å². The third-order valence-electron chi connectivity index (χ3n) is 1.87. The minimum absolute atomic E-state index is 0.106. The molecule has 0 saturated heterocycles. The molecular formula is C9H13Cl3N2O2S2. The van der Waals surface area contributed by atoms with Gasteiger partial charge in [0.15, 0.2) is 0 Å². The lowest BCUT2D eigenvalue weighted by Crippen LogP contribution is -2.44. The second-order valence-electron chi connectivity index (χ2n) is 4.12. The predicted octanol–water partition coefficient (Wildman–Crippen LogP) is 3.82. The third-order valence-corrected chi connectivity index (χ3v) is 7.00. The first-order valence-electron chi connectivity index (χ1n) is 4.81. The molecule has 0 radical (unpaired) electrons. The lowest BCUT2D eigenvalue weighted by atomic mass is 10.1. The van der Waals surface area contributed by atoms with Crippen molar-refractivity contribution >= 4 is 56.8 Å². The van der Waals surface area contributed by atoms with E-state index < -0.39 is 20.8 Å². The minimum atomic E-state index is -3.70. The standard InChI is InChI=1S/C9H13Cl3N2O2S2/c1-6(2)18(15,16)14(9(3,4)5-13)17-8(12)7(10)11/h6H,1-4H3. The van der Waals surface area contributed by atoms with Gasteiger partial charge in [0, 0.05) is 0 Å². The fraction of sp³-hybridized carbons (Fsp3) is 0.667. The van der Waals surface area contributed by atoms with Crippen LogP contribution in [0.2, 0.25) is 0 Å². The van der Waals surface area contributed by atoms with Crippen LogP contribution in [0.3, 0.4) is 0 Å². The van der Waals surface area contributed by atoms with Gasteiger partial charge in [0.25, 0.3) is 0 Å². The monoisotopic (exact) mass is 350 g/mol. The van der Waals surface area contributed by atoms with Gasteiger partial charge in [-0.2, -0.15) is 5.26 Å². The molecule has 4 nitrogen and oxygen atoms in total. The summed E-state index contributed by atoms with van der Waals surface area (Å²) in [7, 11) is -3.70. The smallest absolute Gasteiger partial charge is 0.211 e. The predicted molar refractivity (Wildman–Crippen MR) is 77.8 cm³/mol. The SMILES string of the molecule is CC(C)S(=O)(=O)N(SC(Cl)=C(Cl)Cl)C(C)(C)C#N. The van der Waals surface area contributed by atoms with Gasteiger partial charge in [-0.15, -0.1) is 3.71 Å². The van der Waals surface area contributed by atoms with E-state index in [9.17, 15) is 8.42 Å². The Bertz CT molecular complexity index is 477. The Morgan fingerprint density at radius 1 is 1.33 bits per heavy atom. The Hall–Kier alpha value is 0.360. The van der Waals surface area contributed by atoms with Crippen LogP contribution in [-0.4, -0.2) is 22.9 Å². The molecule has 0 saturated carbocycles. The maximum atomic E-state index is 12.2. The molecule has 104 valence electrons. The molecule has 0 fully saturated rings. The average Bonchev–Trinajstić information content (AvgIpc) is 2.24. The largest absolute Gasteiger partial charge is 0.227 e. The second kappa shape index (κ2) is 6.69. The summed E-state index contributed by atoms with van der Waals surface area (Å²) in [5.41, 5.74) is -1.28. The molecule has 0 N–H and O–H groups in total. The average molecular weight is 352 g/mol. The summed E-state index contributed by atoms with van der Waals surface area (Å²) in [6, 6.07) is 1.91. The molecule has 0 rings (SSSR count). The normalized spacial score (nSPS) is 12.7. The maximum absolute atomic E-state index is 12.2. The zero-order valence-electron chi connectivity index (χ0n) is 10.2. The molecule has 0 amide bonds. The van der Waals surface area contributed by atoms with E-state index in [0.717, 1.165) is 3.71 Å². The van der Waals surface area contributed by atoms with E-state index in [4.69, 9.17) is 40.1 Å². The van der Waals surface area contributed by atoms with Crippen LogP contribution in [-0.2, 0) is 10.0 Å². The van der Waals surface area contributed by atoms with E-state index in [-0.39, 0.29) is 8.86 Å². The zero-order valence-corrected chi connectivity index (χ0v) is 14.1. The summed E-state index contributed by atoms with van der Waals surface area (Å²) >= 11 is 17.3. The lowest BCUT2D eigenvalue weighted by Gasteiger charge is -2.31. The van der Waals surface area contributed by atoms with E-state index in [2.05, 4.69) is 0 Å². The van der Waals surface area contributed by atoms with Crippen LogP contribution in [0.1, 0.15) is 27.7 Å². The highest BCUT2D eigenvalue weighted by Gasteiger charge is 2.40. The van der Waals surface area contributed by atoms with E-state index >= 15 is 0 Å². The zero-order chi connectivity index (χ0) is 14.7. The summed E-state index contributed by atoms with van der Waals surface area (Å²) in [4.78, 5) is 0. The number of hydrogen-bond donors (Lipinski definition) is 0. The Balaban J connectivity index is 5.66. The van der Waals surface area contributed by atoms with Gasteiger partial charge in [-0.1, -0.05) is 34.8 Å². The van der Waals surface area contributed by atoms with Crippen LogP contribution in [0.4, 0.5) is 0 Å². The topological polar surface area (TPSA) is 61.2 Å². The van der Waals surface area contributed by atoms with Crippen molar-refractivity contribution in [3.05, 3.63) is 8.86 Å². The lowest BCUT2D eigenvalue weighted by molar-refractivity contribution is 0.427. The van der Waals surface area contributed by atoms with Crippen LogP contribution in [0.25, 0.3) is 0 Å². The van der Waals surface area contributed by atoms with Crippen molar-refractivity contribution in [3.63, 3.8) is 0 Å². The number of halogens is 3. The van der Waals surface area contributed by atoms with Crippen molar-refractivity contribution in [3.8, 4) is 6.07 Å². The number of rotatable bonds is 5. The summed E-state index contributed by atoms with van der Waals surface area (Å²) in [5, 5.41) is 8.37. The van der Waals surface area contributed by atoms with Crippen LogP contribution in [0.5, 0.6) is 0 Å². The van der Waals surface area contributed by atoms with Crippen molar-refractivity contribution in [1.82, 2.24) is 3.71 Å². The molecule has 0 heterocycles. The number of hydrogen-bond acceptors (Lipinski definition) is 4. The first kappa shape index (κ1) is 18.4. The Morgan fingerprint density at radius 3 is 2.06 bits per heavy atom. The minimum Gasteiger partial charge on any atom is -0.211 e. The maximum Gasteiger partial charge on any atom is 0.227 e. The summed E-state index contributed by atoms with van der Waals surface area (Å²) in [6.45, 7) is 5.95. The molecule has 0 aliphatic carbocycles. The van der Waals surface area contributed by atoms with Gasteiger partial charge in [-0.3, -0.25) is 0 Å². The van der Waals surface area contributed by atoms with Gasteiger partial charge >= 0.3 is 0 Å². The molecule has 0 aromatic carbocycles. The second-order valence-corrected chi connectivity index (χ2v) is 9.19. The Kier molecular flexibility index (Phi) is 6.82. The molecule has 9 heteroatoms. The van der Waals surface area contributed by atoms with Crippen molar-refractivity contribution in [2.24, 2.45) is 0 Å². The fourth-order valence-electron chi connectivity index (χ4n) is 0.824. The number of nitriles is 1. The third kappa shape index (κ3) is 4.48. The van der Waals surface area contributed by atoms with E-state index in [0.29, 0.717) is 11.9 Å². The summed E-state index contributed by atoms with van der Waals surface area (Å²) in [5.74, 6) is 0. The van der Waals surface area contributed by atoms with E-state index in [1.807, 2.05) is 6.07 Å². The van der Waals surface area contributed by atoms with Crippen LogP contribution < -0.4 is 0 Å². The molecule has 18 heavy (non-hydrogen) atoms. The van der Waals surface area contributed by atoms with Gasteiger partial charge in [-0.05, 0) is 39.6 Å². The van der Waals surface area contributed by atoms with Crippen molar-refractivity contribution in [2.75, 3.05) is 0 Å². The van der Waals surface area contributed by atoms with Crippen LogP contribution >= 0.6 is 46.8 Å². The van der Waals surface area contributed by atoms with Crippen molar-refractivity contribution in [2.45, 2.75) is 38.5 Å². The van der Waals surface area contributed by atoms with Crippen molar-refractivity contribution < 1.29 is 8.42 Å². The van der Waals surface area contributed by atoms with Gasteiger partial charge in [0.2, 0.25) is 10.0 Å². The number of nitrogens with zero attached hydrogens (tertiary/aromatic N) is 2. The molecule has 0 spiro atoms. The van der Waals surface area contributed by atoms with Crippen LogP contribution in [0.15, 0.2) is 8.86 Å². The Labute approximate surface area is 127 Å². The Morgan fingerprint density at radius 2 is 1.78 bits per heavy atom. The highest BCUT2D eigenvalue weighted by atomic mass is 35.5. The molecular weight excluding hydrogens is 339 g/mol. The highest BCUT2D eigenvalue weighted by molar-refractivity contribution is 8.12. The van der Waals surface area contributed by atoms with Gasteiger partial charge in [0.1, 0.15) is 14.4 Å². The summed E-state index contributed by atoms with van der Waals surface area (Å²) in [6.07, 6.45) is 0. The first-order chi connectivity index (χ1) is 7.96. The first-order valence-corrected chi connectivity index (χ1v) is 8.22. The molecule has 0 unspecified atom stereocenters. The fourth-order valence-corrected chi connectivity index (χ4v) is 4.06. The molecule has 0 aromatic rings. The molecule has 0 aliphatic rings. The van der Waals surface area contributed by atoms with Gasteiger partial charge < -0.3 is 0 Å². The van der Waals surface area contributed by atoms with E-state index in [1.54, 1.807) is 0 Å². The van der Waals surface area contributed by atoms with Gasteiger partial charge in [-0.25, -0.2) is 8.42 Å². The van der Waals surface area contributed by atoms with E-state index in [1.165, 1.54) is 27.7 Å². The number of sulfonamides is 1. The summed E-state index contributed by atoms with van der Waals surface area (Å²) < 4.78 is 24.9. The quantitative estimate of drug-likeness (QED) is 0.706. The molecule has 0 bridgehead atoms. The molecule has 0 atom stereocenters. The molecule has 0 aromatic heterocycles. The molecule has 0 aliphatic heterocycles. The van der Waals surface area contributed by atoms with Gasteiger partial charge in [0.05, 0.1) is 11.3 Å². The van der Waals surface area contributed by atoms with Crippen molar-refractivity contribution in [1.29, 1.82) is 5.26 Å².